The van der Waals surface area contributed by atoms with Crippen LogP contribution in [0.15, 0.2) is 18.2 Å². The molecular weight excluding hydrogens is 196 g/mol. The van der Waals surface area contributed by atoms with Gasteiger partial charge in [-0.2, -0.15) is 0 Å². The second kappa shape index (κ2) is 6.05. The summed E-state index contributed by atoms with van der Waals surface area (Å²) in [5.41, 5.74) is 3.79. The third-order valence-electron chi connectivity index (χ3n) is 2.71. The van der Waals surface area contributed by atoms with Crippen molar-refractivity contribution in [2.75, 3.05) is 0 Å². The van der Waals surface area contributed by atoms with Gasteiger partial charge in [0.15, 0.2) is 0 Å². The van der Waals surface area contributed by atoms with Gasteiger partial charge < -0.3 is 5.11 Å². The summed E-state index contributed by atoms with van der Waals surface area (Å²) in [4.78, 5) is 0. The van der Waals surface area contributed by atoms with E-state index in [1.807, 2.05) is 0 Å². The number of aliphatic hydroxyl groups is 1. The molecule has 0 amide bonds. The lowest BCUT2D eigenvalue weighted by Crippen LogP contribution is -2.02. The average molecular weight is 220 g/mol. The van der Waals surface area contributed by atoms with Crippen molar-refractivity contribution in [3.63, 3.8) is 0 Å². The lowest BCUT2D eigenvalue weighted by atomic mass is 9.93. The van der Waals surface area contributed by atoms with E-state index in [0.29, 0.717) is 11.8 Å². The Bertz CT molecular complexity index is 326. The van der Waals surface area contributed by atoms with Gasteiger partial charge in [0.1, 0.15) is 0 Å². The predicted octanol–water partition coefficient (Wildman–Crippen LogP) is 3.58. The Morgan fingerprint density at radius 1 is 0.938 bits per heavy atom. The quantitative estimate of drug-likeness (QED) is 0.804. The van der Waals surface area contributed by atoms with Gasteiger partial charge in [-0.1, -0.05) is 45.9 Å². The highest BCUT2D eigenvalue weighted by molar-refractivity contribution is 5.32. The molecule has 1 heteroatoms. The SMILES string of the molecule is CC(C)Cc1ccc(CO)c(CC(C)C)c1. The van der Waals surface area contributed by atoms with E-state index in [9.17, 15) is 5.11 Å². The van der Waals surface area contributed by atoms with Gasteiger partial charge in [-0.15, -0.1) is 0 Å². The van der Waals surface area contributed by atoms with E-state index in [1.54, 1.807) is 0 Å². The predicted molar refractivity (Wildman–Crippen MR) is 69.4 cm³/mol. The minimum absolute atomic E-state index is 0.157. The molecular formula is C15H24O. The number of aliphatic hydroxyl groups excluding tert-OH is 1. The summed E-state index contributed by atoms with van der Waals surface area (Å²) < 4.78 is 0. The minimum Gasteiger partial charge on any atom is -0.392 e. The Hall–Kier alpha value is -0.820. The molecule has 0 fully saturated rings. The summed E-state index contributed by atoms with van der Waals surface area (Å²) in [7, 11) is 0. The Balaban J connectivity index is 2.91. The van der Waals surface area contributed by atoms with Crippen molar-refractivity contribution in [2.24, 2.45) is 11.8 Å². The molecule has 0 aliphatic carbocycles. The van der Waals surface area contributed by atoms with E-state index in [2.05, 4.69) is 45.9 Å². The van der Waals surface area contributed by atoms with E-state index < -0.39 is 0 Å². The van der Waals surface area contributed by atoms with E-state index in [1.165, 1.54) is 11.1 Å². The molecule has 0 aromatic heterocycles. The molecule has 1 N–H and O–H groups in total. The topological polar surface area (TPSA) is 20.2 Å². The molecule has 1 aromatic rings. The molecule has 0 radical (unpaired) electrons. The van der Waals surface area contributed by atoms with Crippen LogP contribution >= 0.6 is 0 Å². The summed E-state index contributed by atoms with van der Waals surface area (Å²) in [6, 6.07) is 6.50. The largest absolute Gasteiger partial charge is 0.392 e. The third kappa shape index (κ3) is 3.97. The fourth-order valence-corrected chi connectivity index (χ4v) is 2.06. The fourth-order valence-electron chi connectivity index (χ4n) is 2.06. The van der Waals surface area contributed by atoms with Gasteiger partial charge in [-0.3, -0.25) is 0 Å². The van der Waals surface area contributed by atoms with Gasteiger partial charge in [0.05, 0.1) is 6.61 Å². The second-order valence-electron chi connectivity index (χ2n) is 5.46. The molecule has 0 heterocycles. The number of rotatable bonds is 5. The molecule has 0 aliphatic rings. The maximum Gasteiger partial charge on any atom is 0.0684 e. The first kappa shape index (κ1) is 13.2. The zero-order valence-corrected chi connectivity index (χ0v) is 11.0. The molecule has 0 saturated carbocycles. The van der Waals surface area contributed by atoms with Crippen molar-refractivity contribution in [2.45, 2.75) is 47.1 Å². The van der Waals surface area contributed by atoms with Gasteiger partial charge in [0.2, 0.25) is 0 Å². The lowest BCUT2D eigenvalue weighted by molar-refractivity contribution is 0.280. The van der Waals surface area contributed by atoms with Gasteiger partial charge in [-0.25, -0.2) is 0 Å². The van der Waals surface area contributed by atoms with E-state index >= 15 is 0 Å². The van der Waals surface area contributed by atoms with Crippen molar-refractivity contribution in [3.8, 4) is 0 Å². The van der Waals surface area contributed by atoms with Crippen molar-refractivity contribution in [1.82, 2.24) is 0 Å². The first-order chi connectivity index (χ1) is 7.52. The smallest absolute Gasteiger partial charge is 0.0684 e. The normalized spacial score (nSPS) is 11.4. The van der Waals surface area contributed by atoms with Crippen LogP contribution in [0, 0.1) is 11.8 Å². The van der Waals surface area contributed by atoms with Gasteiger partial charge in [0.25, 0.3) is 0 Å². The lowest BCUT2D eigenvalue weighted by Gasteiger charge is -2.13. The Kier molecular flexibility index (Phi) is 5.01. The standard InChI is InChI=1S/C15H24O/c1-11(2)7-13-5-6-14(10-16)15(9-13)8-12(3)4/h5-6,9,11-12,16H,7-8,10H2,1-4H3. The molecule has 1 aromatic carbocycles. The number of hydrogen-bond acceptors (Lipinski definition) is 1. The van der Waals surface area contributed by atoms with Crippen LogP contribution in [-0.4, -0.2) is 5.11 Å². The van der Waals surface area contributed by atoms with Crippen molar-refractivity contribution in [3.05, 3.63) is 34.9 Å². The number of benzene rings is 1. The third-order valence-corrected chi connectivity index (χ3v) is 2.71. The summed E-state index contributed by atoms with van der Waals surface area (Å²) in [6.45, 7) is 9.07. The highest BCUT2D eigenvalue weighted by atomic mass is 16.3. The van der Waals surface area contributed by atoms with Gasteiger partial charge >= 0.3 is 0 Å². The van der Waals surface area contributed by atoms with Gasteiger partial charge in [-0.05, 0) is 41.4 Å². The van der Waals surface area contributed by atoms with Crippen LogP contribution < -0.4 is 0 Å². The molecule has 1 nitrogen and oxygen atoms in total. The second-order valence-corrected chi connectivity index (χ2v) is 5.46. The maximum absolute atomic E-state index is 9.30. The van der Waals surface area contributed by atoms with Crippen LogP contribution in [0.25, 0.3) is 0 Å². The maximum atomic E-state index is 9.30. The summed E-state index contributed by atoms with van der Waals surface area (Å²) >= 11 is 0. The molecule has 0 bridgehead atoms. The van der Waals surface area contributed by atoms with Crippen LogP contribution in [0.1, 0.15) is 44.4 Å². The molecule has 0 unspecified atom stereocenters. The minimum atomic E-state index is 0.157. The molecule has 0 aliphatic heterocycles. The summed E-state index contributed by atoms with van der Waals surface area (Å²) in [5.74, 6) is 1.33. The first-order valence-electron chi connectivity index (χ1n) is 6.24. The Morgan fingerprint density at radius 3 is 2.06 bits per heavy atom. The van der Waals surface area contributed by atoms with E-state index in [0.717, 1.165) is 18.4 Å². The highest BCUT2D eigenvalue weighted by Gasteiger charge is 2.06. The molecule has 1 rings (SSSR count). The van der Waals surface area contributed by atoms with Crippen molar-refractivity contribution >= 4 is 0 Å². The molecule has 0 spiro atoms. The fraction of sp³-hybridized carbons (Fsp3) is 0.600. The summed E-state index contributed by atoms with van der Waals surface area (Å²) in [5, 5.41) is 9.30. The van der Waals surface area contributed by atoms with Crippen molar-refractivity contribution < 1.29 is 5.11 Å². The Labute approximate surface area is 99.5 Å². The van der Waals surface area contributed by atoms with Crippen LogP contribution in [-0.2, 0) is 19.4 Å². The zero-order chi connectivity index (χ0) is 12.1. The van der Waals surface area contributed by atoms with Crippen LogP contribution in [0.2, 0.25) is 0 Å². The van der Waals surface area contributed by atoms with Gasteiger partial charge in [0, 0.05) is 0 Å². The summed E-state index contributed by atoms with van der Waals surface area (Å²) in [6.07, 6.45) is 2.18. The van der Waals surface area contributed by atoms with E-state index in [4.69, 9.17) is 0 Å². The molecule has 0 saturated heterocycles. The van der Waals surface area contributed by atoms with Crippen LogP contribution in [0.5, 0.6) is 0 Å². The van der Waals surface area contributed by atoms with Crippen LogP contribution in [0.4, 0.5) is 0 Å². The monoisotopic (exact) mass is 220 g/mol. The zero-order valence-electron chi connectivity index (χ0n) is 11.0. The molecule has 90 valence electrons. The number of hydrogen-bond donors (Lipinski definition) is 1. The first-order valence-corrected chi connectivity index (χ1v) is 6.24. The average Bonchev–Trinajstić information content (AvgIpc) is 2.16. The molecule has 0 atom stereocenters. The molecule has 16 heavy (non-hydrogen) atoms. The van der Waals surface area contributed by atoms with E-state index in [-0.39, 0.29) is 6.61 Å². The highest BCUT2D eigenvalue weighted by Crippen LogP contribution is 2.18. The van der Waals surface area contributed by atoms with Crippen LogP contribution in [0.3, 0.4) is 0 Å². The van der Waals surface area contributed by atoms with Crippen molar-refractivity contribution in [1.29, 1.82) is 0 Å². The Morgan fingerprint density at radius 2 is 1.56 bits per heavy atom.